The van der Waals surface area contributed by atoms with Crippen LogP contribution in [-0.2, 0) is 0 Å². The summed E-state index contributed by atoms with van der Waals surface area (Å²) in [5.74, 6) is -2.79. The number of carbonyl (C=O) groups excluding carboxylic acids is 1. The summed E-state index contributed by atoms with van der Waals surface area (Å²) < 4.78 is 49.3. The van der Waals surface area contributed by atoms with Gasteiger partial charge < -0.3 is 0 Å². The summed E-state index contributed by atoms with van der Waals surface area (Å²) in [6.45, 7) is 0. The van der Waals surface area contributed by atoms with E-state index in [4.69, 9.17) is 0 Å². The van der Waals surface area contributed by atoms with Crippen molar-refractivity contribution in [3.8, 4) is 0 Å². The highest BCUT2D eigenvalue weighted by Gasteiger charge is 2.21. The van der Waals surface area contributed by atoms with Gasteiger partial charge in [0.2, 0.25) is 5.95 Å². The zero-order valence-corrected chi connectivity index (χ0v) is 6.10. The number of alkyl halides is 2. The van der Waals surface area contributed by atoms with Crippen molar-refractivity contribution in [2.24, 2.45) is 0 Å². The molecular formula is C7H3F4NO. The van der Waals surface area contributed by atoms with E-state index in [1.807, 2.05) is 0 Å². The van der Waals surface area contributed by atoms with Gasteiger partial charge in [-0.3, -0.25) is 4.79 Å². The quantitative estimate of drug-likeness (QED) is 0.409. The van der Waals surface area contributed by atoms with Crippen LogP contribution in [0.2, 0.25) is 0 Å². The van der Waals surface area contributed by atoms with E-state index in [-0.39, 0.29) is 6.29 Å². The standard InChI is InChI=1S/C7H3F4NO/c8-4-1-12-7(11)3(2-13)5(4)6(9)10/h1-2,6H. The first-order valence-electron chi connectivity index (χ1n) is 3.15. The molecule has 13 heavy (non-hydrogen) atoms. The molecule has 0 amide bonds. The summed E-state index contributed by atoms with van der Waals surface area (Å²) in [6, 6.07) is 0. The topological polar surface area (TPSA) is 30.0 Å². The van der Waals surface area contributed by atoms with Crippen molar-refractivity contribution in [2.75, 3.05) is 0 Å². The Kier molecular flexibility index (Phi) is 2.60. The largest absolute Gasteiger partial charge is 0.298 e. The van der Waals surface area contributed by atoms with Gasteiger partial charge >= 0.3 is 0 Å². The third-order valence-electron chi connectivity index (χ3n) is 1.40. The van der Waals surface area contributed by atoms with Crippen LogP contribution in [0.1, 0.15) is 22.3 Å². The minimum absolute atomic E-state index is 0.188. The van der Waals surface area contributed by atoms with Crippen LogP contribution in [0, 0.1) is 11.8 Å². The van der Waals surface area contributed by atoms with Gasteiger partial charge in [-0.05, 0) is 0 Å². The van der Waals surface area contributed by atoms with Gasteiger partial charge in [0.15, 0.2) is 12.1 Å². The summed E-state index contributed by atoms with van der Waals surface area (Å²) in [4.78, 5) is 12.9. The molecule has 70 valence electrons. The molecule has 2 nitrogen and oxygen atoms in total. The molecule has 0 bridgehead atoms. The molecule has 1 rings (SSSR count). The highest BCUT2D eigenvalue weighted by molar-refractivity contribution is 5.77. The van der Waals surface area contributed by atoms with Gasteiger partial charge in [-0.15, -0.1) is 0 Å². The fraction of sp³-hybridized carbons (Fsp3) is 0.143. The monoisotopic (exact) mass is 193 g/mol. The van der Waals surface area contributed by atoms with Crippen LogP contribution in [-0.4, -0.2) is 11.3 Å². The Hall–Kier alpha value is -1.46. The average Bonchev–Trinajstić information content (AvgIpc) is 2.07. The van der Waals surface area contributed by atoms with E-state index in [2.05, 4.69) is 4.98 Å². The minimum atomic E-state index is -3.24. The molecule has 0 aromatic carbocycles. The lowest BCUT2D eigenvalue weighted by atomic mass is 10.1. The van der Waals surface area contributed by atoms with Gasteiger partial charge in [0.05, 0.1) is 17.3 Å². The lowest BCUT2D eigenvalue weighted by molar-refractivity contribution is 0.109. The molecule has 1 aromatic heterocycles. The number of nitrogens with zero attached hydrogens (tertiary/aromatic N) is 1. The molecule has 0 radical (unpaired) electrons. The van der Waals surface area contributed by atoms with Crippen LogP contribution < -0.4 is 0 Å². The minimum Gasteiger partial charge on any atom is -0.298 e. The summed E-state index contributed by atoms with van der Waals surface area (Å²) in [5.41, 5.74) is -2.28. The van der Waals surface area contributed by atoms with Crippen LogP contribution in [0.3, 0.4) is 0 Å². The summed E-state index contributed by atoms with van der Waals surface area (Å²) >= 11 is 0. The number of pyridine rings is 1. The first-order chi connectivity index (χ1) is 6.07. The fourth-order valence-corrected chi connectivity index (χ4v) is 0.826. The highest BCUT2D eigenvalue weighted by atomic mass is 19.3. The van der Waals surface area contributed by atoms with Crippen molar-refractivity contribution in [1.29, 1.82) is 0 Å². The summed E-state index contributed by atoms with van der Waals surface area (Å²) in [7, 11) is 0. The molecule has 6 heteroatoms. The normalized spacial score (nSPS) is 10.5. The molecule has 0 aliphatic rings. The van der Waals surface area contributed by atoms with Gasteiger partial charge in [0, 0.05) is 0 Å². The number of hydrogen-bond acceptors (Lipinski definition) is 2. The van der Waals surface area contributed by atoms with Gasteiger partial charge in [0.1, 0.15) is 0 Å². The predicted molar refractivity (Wildman–Crippen MR) is 34.5 cm³/mol. The van der Waals surface area contributed by atoms with Crippen LogP contribution >= 0.6 is 0 Å². The Bertz CT molecular complexity index is 340. The van der Waals surface area contributed by atoms with E-state index in [9.17, 15) is 22.4 Å². The summed E-state index contributed by atoms with van der Waals surface area (Å²) in [6.07, 6.45) is -3.12. The zero-order chi connectivity index (χ0) is 10.0. The van der Waals surface area contributed by atoms with Gasteiger partial charge in [-0.25, -0.2) is 18.2 Å². The lowest BCUT2D eigenvalue weighted by Gasteiger charge is -2.04. The fourth-order valence-electron chi connectivity index (χ4n) is 0.826. The molecule has 0 N–H and O–H groups in total. The van der Waals surface area contributed by atoms with Crippen molar-refractivity contribution in [3.05, 3.63) is 29.1 Å². The third-order valence-corrected chi connectivity index (χ3v) is 1.40. The maximum absolute atomic E-state index is 12.6. The van der Waals surface area contributed by atoms with Crippen LogP contribution in [0.15, 0.2) is 6.20 Å². The van der Waals surface area contributed by atoms with Crippen LogP contribution in [0.4, 0.5) is 17.6 Å². The Labute approximate surface area is 70.2 Å². The third kappa shape index (κ3) is 1.66. The Morgan fingerprint density at radius 1 is 1.38 bits per heavy atom. The molecule has 0 spiro atoms. The molecule has 0 aliphatic carbocycles. The van der Waals surface area contributed by atoms with E-state index >= 15 is 0 Å². The molecule has 0 fully saturated rings. The number of rotatable bonds is 2. The number of halogens is 4. The maximum Gasteiger partial charge on any atom is 0.267 e. The lowest BCUT2D eigenvalue weighted by Crippen LogP contribution is -2.03. The van der Waals surface area contributed by atoms with Gasteiger partial charge in [0.25, 0.3) is 6.43 Å². The van der Waals surface area contributed by atoms with Crippen LogP contribution in [0.25, 0.3) is 0 Å². The van der Waals surface area contributed by atoms with Crippen molar-refractivity contribution in [3.63, 3.8) is 0 Å². The molecule has 0 atom stereocenters. The van der Waals surface area contributed by atoms with E-state index in [0.717, 1.165) is 0 Å². The van der Waals surface area contributed by atoms with E-state index in [0.29, 0.717) is 6.20 Å². The smallest absolute Gasteiger partial charge is 0.267 e. The second-order valence-corrected chi connectivity index (χ2v) is 2.14. The van der Waals surface area contributed by atoms with Crippen molar-refractivity contribution in [2.45, 2.75) is 6.43 Å². The number of carbonyl (C=O) groups is 1. The van der Waals surface area contributed by atoms with E-state index in [1.165, 1.54) is 0 Å². The molecule has 0 saturated heterocycles. The van der Waals surface area contributed by atoms with Crippen molar-refractivity contribution >= 4 is 6.29 Å². The maximum atomic E-state index is 12.6. The number of hydrogen-bond donors (Lipinski definition) is 0. The molecule has 0 saturated carbocycles. The molecule has 1 heterocycles. The number of aromatic nitrogens is 1. The first-order valence-corrected chi connectivity index (χ1v) is 3.15. The Morgan fingerprint density at radius 3 is 2.38 bits per heavy atom. The second kappa shape index (κ2) is 3.51. The summed E-state index contributed by atoms with van der Waals surface area (Å²) in [5, 5.41) is 0. The molecular weight excluding hydrogens is 190 g/mol. The van der Waals surface area contributed by atoms with Gasteiger partial charge in [-0.2, -0.15) is 4.39 Å². The number of aldehydes is 1. The average molecular weight is 193 g/mol. The zero-order valence-electron chi connectivity index (χ0n) is 6.10. The second-order valence-electron chi connectivity index (χ2n) is 2.14. The van der Waals surface area contributed by atoms with Crippen molar-refractivity contribution in [1.82, 2.24) is 4.98 Å². The van der Waals surface area contributed by atoms with Gasteiger partial charge in [-0.1, -0.05) is 0 Å². The Morgan fingerprint density at radius 2 is 2.00 bits per heavy atom. The SMILES string of the molecule is O=Cc1c(F)ncc(F)c1C(F)F. The van der Waals surface area contributed by atoms with Crippen LogP contribution in [0.5, 0.6) is 0 Å². The van der Waals surface area contributed by atoms with E-state index < -0.39 is 29.3 Å². The predicted octanol–water partition coefficient (Wildman–Crippen LogP) is 2.11. The Balaban J connectivity index is 3.43. The molecule has 0 aliphatic heterocycles. The molecule has 1 aromatic rings. The molecule has 0 unspecified atom stereocenters. The van der Waals surface area contributed by atoms with E-state index in [1.54, 1.807) is 0 Å². The highest BCUT2D eigenvalue weighted by Crippen LogP contribution is 2.25. The van der Waals surface area contributed by atoms with Crippen molar-refractivity contribution < 1.29 is 22.4 Å². The first kappa shape index (κ1) is 9.63.